The summed E-state index contributed by atoms with van der Waals surface area (Å²) in [5, 5.41) is 10.7. The molecule has 4 nitrogen and oxygen atoms in total. The van der Waals surface area contributed by atoms with E-state index in [9.17, 15) is 9.90 Å². The predicted octanol–water partition coefficient (Wildman–Crippen LogP) is 3.94. The Morgan fingerprint density at radius 3 is 3.04 bits per heavy atom. The molecule has 1 aromatic carbocycles. The fourth-order valence-corrected chi connectivity index (χ4v) is 4.92. The van der Waals surface area contributed by atoms with Crippen LogP contribution in [0.1, 0.15) is 43.2 Å². The molecule has 2 aliphatic rings. The largest absolute Gasteiger partial charge is 0.478 e. The van der Waals surface area contributed by atoms with Crippen LogP contribution >= 0.6 is 0 Å². The van der Waals surface area contributed by atoms with Crippen LogP contribution in [0.2, 0.25) is 0 Å². The number of likely N-dealkylation sites (N-methyl/N-ethyl adjacent to an activating group) is 1. The molecule has 2 aromatic rings. The van der Waals surface area contributed by atoms with E-state index < -0.39 is 5.97 Å². The molecule has 1 aliphatic heterocycles. The number of nitrogens with zero attached hydrogens (tertiary/aromatic N) is 1. The minimum atomic E-state index is -0.774. The number of carbonyl (C=O) groups is 1. The molecule has 2 N–H and O–H groups in total. The SMILES string of the molecule is CC/C(=C\C[C@@H]1C[C@@H]2c3cccc4[nH]cc(c34)C[C@H]2N(C)C1)C(=O)O. The molecule has 4 rings (SSSR count). The van der Waals surface area contributed by atoms with Gasteiger partial charge in [-0.05, 0) is 55.8 Å². The molecule has 25 heavy (non-hydrogen) atoms. The molecule has 0 spiro atoms. The Morgan fingerprint density at radius 2 is 2.28 bits per heavy atom. The topological polar surface area (TPSA) is 56.3 Å². The highest BCUT2D eigenvalue weighted by atomic mass is 16.4. The second-order valence-electron chi connectivity index (χ2n) is 7.63. The van der Waals surface area contributed by atoms with Crippen molar-refractivity contribution in [2.24, 2.45) is 5.92 Å². The highest BCUT2D eigenvalue weighted by molar-refractivity contribution is 5.88. The van der Waals surface area contributed by atoms with Crippen LogP contribution in [0.15, 0.2) is 36.0 Å². The molecule has 1 aromatic heterocycles. The van der Waals surface area contributed by atoms with E-state index in [-0.39, 0.29) is 0 Å². The normalized spacial score (nSPS) is 26.6. The standard InChI is InChI=1S/C21H26N2O2/c1-3-14(21(24)25)8-7-13-9-17-16-5-4-6-18-20(16)15(11-22-18)10-19(17)23(2)12-13/h4-6,8,11,13,17,19,22H,3,7,9-10,12H2,1-2H3,(H,24,25)/b14-8+/t13-,17-,19-/m1/s1. The van der Waals surface area contributed by atoms with Crippen LogP contribution in [0.25, 0.3) is 10.9 Å². The molecule has 0 saturated carbocycles. The molecule has 0 amide bonds. The third-order valence-corrected chi connectivity index (χ3v) is 6.17. The van der Waals surface area contributed by atoms with Gasteiger partial charge in [0.2, 0.25) is 0 Å². The summed E-state index contributed by atoms with van der Waals surface area (Å²) in [5.74, 6) is 0.283. The van der Waals surface area contributed by atoms with Crippen molar-refractivity contribution < 1.29 is 9.90 Å². The van der Waals surface area contributed by atoms with Gasteiger partial charge in [0.05, 0.1) is 0 Å². The van der Waals surface area contributed by atoms with E-state index >= 15 is 0 Å². The maximum Gasteiger partial charge on any atom is 0.331 e. The number of aromatic amines is 1. The molecule has 1 aliphatic carbocycles. The molecule has 132 valence electrons. The summed E-state index contributed by atoms with van der Waals surface area (Å²) in [4.78, 5) is 17.2. The number of aliphatic carboxylic acids is 1. The fraction of sp³-hybridized carbons (Fsp3) is 0.476. The van der Waals surface area contributed by atoms with Crippen LogP contribution in [0, 0.1) is 5.92 Å². The van der Waals surface area contributed by atoms with E-state index in [0.717, 1.165) is 25.8 Å². The van der Waals surface area contributed by atoms with Gasteiger partial charge < -0.3 is 15.0 Å². The molecule has 0 radical (unpaired) electrons. The molecule has 4 heteroatoms. The van der Waals surface area contributed by atoms with Crippen LogP contribution in [-0.4, -0.2) is 40.6 Å². The predicted molar refractivity (Wildman–Crippen MR) is 99.9 cm³/mol. The van der Waals surface area contributed by atoms with Gasteiger partial charge >= 0.3 is 5.97 Å². The molecule has 1 fully saturated rings. The van der Waals surface area contributed by atoms with Crippen LogP contribution in [-0.2, 0) is 11.2 Å². The van der Waals surface area contributed by atoms with Gasteiger partial charge in [0.25, 0.3) is 0 Å². The number of carboxylic acid groups (broad SMARTS) is 1. The molecule has 3 atom stereocenters. The van der Waals surface area contributed by atoms with Crippen LogP contribution in [0.3, 0.4) is 0 Å². The van der Waals surface area contributed by atoms with Gasteiger partial charge in [0, 0.05) is 41.2 Å². The van der Waals surface area contributed by atoms with E-state index in [4.69, 9.17) is 0 Å². The van der Waals surface area contributed by atoms with Gasteiger partial charge in [-0.1, -0.05) is 25.1 Å². The number of likely N-dealkylation sites (tertiary alicyclic amines) is 1. The number of carboxylic acids is 1. The van der Waals surface area contributed by atoms with E-state index in [1.165, 1.54) is 22.0 Å². The van der Waals surface area contributed by atoms with Crippen LogP contribution in [0.5, 0.6) is 0 Å². The third-order valence-electron chi connectivity index (χ3n) is 6.17. The average Bonchev–Trinajstić information content (AvgIpc) is 3.01. The maximum atomic E-state index is 11.2. The number of piperidine rings is 1. The third kappa shape index (κ3) is 2.78. The first-order valence-corrected chi connectivity index (χ1v) is 9.30. The Balaban J connectivity index is 1.62. The second-order valence-corrected chi connectivity index (χ2v) is 7.63. The summed E-state index contributed by atoms with van der Waals surface area (Å²) >= 11 is 0. The van der Waals surface area contributed by atoms with Crippen molar-refractivity contribution in [1.29, 1.82) is 0 Å². The van der Waals surface area contributed by atoms with Crippen molar-refractivity contribution in [3.63, 3.8) is 0 Å². The lowest BCUT2D eigenvalue weighted by Gasteiger charge is -2.45. The highest BCUT2D eigenvalue weighted by Crippen LogP contribution is 2.44. The zero-order chi connectivity index (χ0) is 17.6. The Labute approximate surface area is 148 Å². The van der Waals surface area contributed by atoms with Crippen molar-refractivity contribution in [2.75, 3.05) is 13.6 Å². The van der Waals surface area contributed by atoms with Gasteiger partial charge in [-0.3, -0.25) is 0 Å². The molecular weight excluding hydrogens is 312 g/mol. The van der Waals surface area contributed by atoms with E-state index in [2.05, 4.69) is 41.3 Å². The summed E-state index contributed by atoms with van der Waals surface area (Å²) in [6.07, 6.45) is 7.83. The Bertz CT molecular complexity index is 836. The lowest BCUT2D eigenvalue weighted by Crippen LogP contribution is -2.47. The first-order valence-electron chi connectivity index (χ1n) is 9.30. The van der Waals surface area contributed by atoms with Crippen LogP contribution < -0.4 is 0 Å². The Morgan fingerprint density at radius 1 is 1.44 bits per heavy atom. The lowest BCUT2D eigenvalue weighted by molar-refractivity contribution is -0.132. The number of nitrogens with one attached hydrogen (secondary N) is 1. The first kappa shape index (κ1) is 16.4. The quantitative estimate of drug-likeness (QED) is 0.830. The first-order chi connectivity index (χ1) is 12.1. The summed E-state index contributed by atoms with van der Waals surface area (Å²) in [5.41, 5.74) is 4.70. The minimum absolute atomic E-state index is 0.517. The van der Waals surface area contributed by atoms with Gasteiger partial charge in [-0.2, -0.15) is 0 Å². The summed E-state index contributed by atoms with van der Waals surface area (Å²) in [6.45, 7) is 2.96. The fourth-order valence-electron chi connectivity index (χ4n) is 4.92. The number of aromatic nitrogens is 1. The van der Waals surface area contributed by atoms with Gasteiger partial charge in [-0.15, -0.1) is 0 Å². The zero-order valence-corrected chi connectivity index (χ0v) is 15.0. The van der Waals surface area contributed by atoms with Crippen molar-refractivity contribution in [3.05, 3.63) is 47.2 Å². The monoisotopic (exact) mass is 338 g/mol. The van der Waals surface area contributed by atoms with Crippen molar-refractivity contribution in [2.45, 2.75) is 44.6 Å². The minimum Gasteiger partial charge on any atom is -0.478 e. The number of fused-ring (bicyclic) bond motifs is 2. The number of allylic oxidation sites excluding steroid dienone is 1. The van der Waals surface area contributed by atoms with Crippen molar-refractivity contribution >= 4 is 16.9 Å². The van der Waals surface area contributed by atoms with Crippen LogP contribution in [0.4, 0.5) is 0 Å². The second kappa shape index (κ2) is 6.34. The zero-order valence-electron chi connectivity index (χ0n) is 15.0. The number of H-pyrrole nitrogens is 1. The van der Waals surface area contributed by atoms with Gasteiger partial charge in [-0.25, -0.2) is 4.79 Å². The number of hydrogen-bond donors (Lipinski definition) is 2. The van der Waals surface area contributed by atoms with Gasteiger partial charge in [0.1, 0.15) is 0 Å². The number of rotatable bonds is 4. The smallest absolute Gasteiger partial charge is 0.331 e. The number of hydrogen-bond acceptors (Lipinski definition) is 2. The number of benzene rings is 1. The van der Waals surface area contributed by atoms with Gasteiger partial charge in [0.15, 0.2) is 0 Å². The lowest BCUT2D eigenvalue weighted by atomic mass is 9.72. The van der Waals surface area contributed by atoms with E-state index in [1.807, 2.05) is 13.0 Å². The summed E-state index contributed by atoms with van der Waals surface area (Å²) in [7, 11) is 2.23. The van der Waals surface area contributed by atoms with Crippen molar-refractivity contribution in [1.82, 2.24) is 9.88 Å². The molecule has 0 bridgehead atoms. The van der Waals surface area contributed by atoms with Crippen molar-refractivity contribution in [3.8, 4) is 0 Å². The molecule has 2 heterocycles. The highest BCUT2D eigenvalue weighted by Gasteiger charge is 2.38. The molecular formula is C21H26N2O2. The molecule has 1 saturated heterocycles. The van der Waals surface area contributed by atoms with E-state index in [1.54, 1.807) is 0 Å². The Hall–Kier alpha value is -2.07. The summed E-state index contributed by atoms with van der Waals surface area (Å²) in [6, 6.07) is 7.16. The van der Waals surface area contributed by atoms with E-state index in [0.29, 0.717) is 29.9 Å². The summed E-state index contributed by atoms with van der Waals surface area (Å²) < 4.78 is 0. The Kier molecular flexibility index (Phi) is 4.16. The average molecular weight is 338 g/mol. The maximum absolute atomic E-state index is 11.2. The molecule has 0 unspecified atom stereocenters.